The molecule has 0 radical (unpaired) electrons. The average Bonchev–Trinajstić information content (AvgIpc) is 3.18. The molecule has 4 rings (SSSR count). The molecule has 1 aliphatic rings. The summed E-state index contributed by atoms with van der Waals surface area (Å²) in [5.41, 5.74) is 3.54. The van der Waals surface area contributed by atoms with Crippen molar-refractivity contribution in [3.8, 4) is 0 Å². The van der Waals surface area contributed by atoms with Gasteiger partial charge in [0.15, 0.2) is 5.69 Å². The number of hydrogen-bond acceptors (Lipinski definition) is 4. The molecule has 4 heterocycles. The lowest BCUT2D eigenvalue weighted by atomic mass is 10.0. The van der Waals surface area contributed by atoms with Crippen molar-refractivity contribution in [2.45, 2.75) is 25.9 Å². The lowest BCUT2D eigenvalue weighted by Crippen LogP contribution is -2.48. The van der Waals surface area contributed by atoms with Gasteiger partial charge in [0.25, 0.3) is 5.91 Å². The molecule has 0 bridgehead atoms. The number of imidazole rings is 1. The second-order valence-corrected chi connectivity index (χ2v) is 5.92. The monoisotopic (exact) mass is 325 g/mol. The van der Waals surface area contributed by atoms with Crippen molar-refractivity contribution in [3.63, 3.8) is 0 Å². The Morgan fingerprint density at radius 3 is 3.00 bits per heavy atom. The number of nitrogens with one attached hydrogen (secondary N) is 1. The third-order valence-electron chi connectivity index (χ3n) is 4.28. The molecule has 8 heteroatoms. The molecule has 0 aliphatic carbocycles. The number of hydrogen-bond donors (Lipinski definition) is 2. The molecule has 0 spiro atoms. The Morgan fingerprint density at radius 2 is 2.21 bits per heavy atom. The van der Waals surface area contributed by atoms with Gasteiger partial charge in [0.05, 0.1) is 29.8 Å². The van der Waals surface area contributed by atoms with Gasteiger partial charge in [0, 0.05) is 12.6 Å². The summed E-state index contributed by atoms with van der Waals surface area (Å²) in [6, 6.07) is 4.55. The maximum absolute atomic E-state index is 12.9. The quantitative estimate of drug-likeness (QED) is 0.732. The molecule has 0 saturated carbocycles. The summed E-state index contributed by atoms with van der Waals surface area (Å²) < 4.78 is 1.61. The highest BCUT2D eigenvalue weighted by atomic mass is 16.4. The molecule has 3 aromatic rings. The van der Waals surface area contributed by atoms with Gasteiger partial charge in [0.2, 0.25) is 0 Å². The van der Waals surface area contributed by atoms with Crippen molar-refractivity contribution in [3.05, 3.63) is 53.4 Å². The number of amides is 1. The molecular formula is C16H15N5O3. The highest BCUT2D eigenvalue weighted by Gasteiger charge is 2.37. The number of aliphatic carboxylic acids is 1. The predicted molar refractivity (Wildman–Crippen MR) is 83.5 cm³/mol. The van der Waals surface area contributed by atoms with Crippen molar-refractivity contribution < 1.29 is 14.7 Å². The van der Waals surface area contributed by atoms with Crippen LogP contribution in [-0.4, -0.2) is 47.5 Å². The Balaban J connectivity index is 1.72. The van der Waals surface area contributed by atoms with E-state index in [1.807, 2.05) is 19.1 Å². The number of fused-ring (bicyclic) bond motifs is 2. The fraction of sp³-hybridized carbons (Fsp3) is 0.250. The Morgan fingerprint density at radius 1 is 1.38 bits per heavy atom. The van der Waals surface area contributed by atoms with Crippen LogP contribution in [0.25, 0.3) is 5.52 Å². The Kier molecular flexibility index (Phi) is 3.12. The van der Waals surface area contributed by atoms with Crippen molar-refractivity contribution in [2.24, 2.45) is 0 Å². The summed E-state index contributed by atoms with van der Waals surface area (Å²) in [7, 11) is 0. The Labute approximate surface area is 136 Å². The van der Waals surface area contributed by atoms with Crippen LogP contribution in [0.4, 0.5) is 0 Å². The predicted octanol–water partition coefficient (Wildman–Crippen LogP) is 1.02. The second-order valence-electron chi connectivity index (χ2n) is 5.92. The van der Waals surface area contributed by atoms with E-state index in [0.29, 0.717) is 5.69 Å². The minimum Gasteiger partial charge on any atom is -0.480 e. The van der Waals surface area contributed by atoms with E-state index in [1.165, 1.54) is 11.2 Å². The van der Waals surface area contributed by atoms with Gasteiger partial charge in [-0.3, -0.25) is 4.79 Å². The van der Waals surface area contributed by atoms with Crippen LogP contribution in [0.15, 0.2) is 30.7 Å². The molecule has 8 nitrogen and oxygen atoms in total. The third-order valence-corrected chi connectivity index (χ3v) is 4.28. The summed E-state index contributed by atoms with van der Waals surface area (Å²) in [4.78, 5) is 32.9. The van der Waals surface area contributed by atoms with E-state index < -0.39 is 17.9 Å². The summed E-state index contributed by atoms with van der Waals surface area (Å²) in [6.45, 7) is 2.14. The first kappa shape index (κ1) is 14.4. The summed E-state index contributed by atoms with van der Waals surface area (Å²) >= 11 is 0. The number of rotatable bonds is 2. The number of nitrogens with zero attached hydrogens (tertiary/aromatic N) is 4. The van der Waals surface area contributed by atoms with Crippen LogP contribution < -0.4 is 0 Å². The highest BCUT2D eigenvalue weighted by Crippen LogP contribution is 2.23. The summed E-state index contributed by atoms with van der Waals surface area (Å²) in [5, 5.41) is 13.8. The molecular weight excluding hydrogens is 310 g/mol. The van der Waals surface area contributed by atoms with Crippen LogP contribution in [0, 0.1) is 6.92 Å². The number of H-pyrrole nitrogens is 1. The van der Waals surface area contributed by atoms with Gasteiger partial charge in [-0.05, 0) is 30.7 Å². The van der Waals surface area contributed by atoms with Crippen LogP contribution in [0.5, 0.6) is 0 Å². The summed E-state index contributed by atoms with van der Waals surface area (Å²) in [6.07, 6.45) is 3.48. The maximum Gasteiger partial charge on any atom is 0.326 e. The van der Waals surface area contributed by atoms with E-state index in [-0.39, 0.29) is 18.7 Å². The molecule has 2 N–H and O–H groups in total. The molecule has 24 heavy (non-hydrogen) atoms. The normalized spacial score (nSPS) is 17.0. The molecule has 0 aromatic carbocycles. The topological polar surface area (TPSA) is 104 Å². The van der Waals surface area contributed by atoms with Crippen molar-refractivity contribution in [1.29, 1.82) is 0 Å². The minimum absolute atomic E-state index is 0.179. The molecule has 1 aliphatic heterocycles. The zero-order chi connectivity index (χ0) is 16.8. The average molecular weight is 325 g/mol. The number of aromatic nitrogens is 4. The summed E-state index contributed by atoms with van der Waals surface area (Å²) in [5.74, 6) is -1.44. The Bertz CT molecular complexity index is 958. The van der Waals surface area contributed by atoms with Gasteiger partial charge in [-0.2, -0.15) is 5.10 Å². The molecule has 1 atom stereocenters. The lowest BCUT2D eigenvalue weighted by Gasteiger charge is -2.31. The first-order chi connectivity index (χ1) is 11.5. The highest BCUT2D eigenvalue weighted by molar-refractivity contribution is 5.96. The Hall–Kier alpha value is -3.16. The van der Waals surface area contributed by atoms with Gasteiger partial charge in [-0.15, -0.1) is 0 Å². The van der Waals surface area contributed by atoms with Crippen molar-refractivity contribution in [2.75, 3.05) is 0 Å². The second kappa shape index (κ2) is 5.19. The van der Waals surface area contributed by atoms with E-state index in [0.717, 1.165) is 16.8 Å². The largest absolute Gasteiger partial charge is 0.480 e. The number of carboxylic acid groups (broad SMARTS) is 1. The number of aryl methyl sites for hydroxylation is 1. The van der Waals surface area contributed by atoms with Crippen LogP contribution in [0.3, 0.4) is 0 Å². The zero-order valence-corrected chi connectivity index (χ0v) is 12.9. The number of carbonyl (C=O) groups is 2. The molecule has 0 unspecified atom stereocenters. The van der Waals surface area contributed by atoms with E-state index >= 15 is 0 Å². The maximum atomic E-state index is 12.9. The van der Waals surface area contributed by atoms with Crippen LogP contribution >= 0.6 is 0 Å². The van der Waals surface area contributed by atoms with Crippen LogP contribution in [0.2, 0.25) is 0 Å². The number of aromatic amines is 1. The molecule has 1 amide bonds. The van der Waals surface area contributed by atoms with Gasteiger partial charge in [-0.1, -0.05) is 0 Å². The SMILES string of the molecule is Cc1ccn2nc(C(=O)N3Cc4[nH]cnc4C[C@H]3C(=O)O)cc2c1. The van der Waals surface area contributed by atoms with Crippen LogP contribution in [-0.2, 0) is 17.8 Å². The van der Waals surface area contributed by atoms with E-state index in [2.05, 4.69) is 15.1 Å². The van der Waals surface area contributed by atoms with Crippen LogP contribution in [0.1, 0.15) is 27.4 Å². The number of carbonyl (C=O) groups excluding carboxylic acids is 1. The fourth-order valence-corrected chi connectivity index (χ4v) is 3.03. The van der Waals surface area contributed by atoms with E-state index in [4.69, 9.17) is 0 Å². The first-order valence-corrected chi connectivity index (χ1v) is 7.54. The molecule has 0 fully saturated rings. The van der Waals surface area contributed by atoms with Gasteiger partial charge < -0.3 is 15.0 Å². The van der Waals surface area contributed by atoms with Gasteiger partial charge in [0.1, 0.15) is 6.04 Å². The fourth-order valence-electron chi connectivity index (χ4n) is 3.03. The minimum atomic E-state index is -1.04. The smallest absolute Gasteiger partial charge is 0.326 e. The number of pyridine rings is 1. The van der Waals surface area contributed by atoms with Gasteiger partial charge >= 0.3 is 5.97 Å². The lowest BCUT2D eigenvalue weighted by molar-refractivity contribution is -0.142. The molecule has 3 aromatic heterocycles. The van der Waals surface area contributed by atoms with Crippen molar-refractivity contribution >= 4 is 17.4 Å². The first-order valence-electron chi connectivity index (χ1n) is 7.54. The molecule has 0 saturated heterocycles. The standard InChI is InChI=1S/C16H15N5O3/c1-9-2-3-21-10(4-9)5-12(19-21)15(22)20-7-13-11(17-8-18-13)6-14(20)16(23)24/h2-5,8,14H,6-7H2,1H3,(H,17,18)(H,23,24)/t14-/m0/s1. The zero-order valence-electron chi connectivity index (χ0n) is 12.9. The third kappa shape index (κ3) is 2.23. The van der Waals surface area contributed by atoms with E-state index in [9.17, 15) is 14.7 Å². The molecule has 122 valence electrons. The number of carboxylic acids is 1. The van der Waals surface area contributed by atoms with Gasteiger partial charge in [-0.25, -0.2) is 14.3 Å². The van der Waals surface area contributed by atoms with Crippen molar-refractivity contribution in [1.82, 2.24) is 24.5 Å². The van der Waals surface area contributed by atoms with E-state index in [1.54, 1.807) is 16.8 Å².